The Morgan fingerprint density at radius 3 is 2.41 bits per heavy atom. The molecule has 8 nitrogen and oxygen atoms in total. The van der Waals surface area contributed by atoms with Crippen LogP contribution < -0.4 is 4.74 Å². The highest BCUT2D eigenvalue weighted by atomic mass is 16.7. The van der Waals surface area contributed by atoms with Crippen LogP contribution >= 0.6 is 0 Å². The van der Waals surface area contributed by atoms with Crippen LogP contribution in [0.1, 0.15) is 5.56 Å². The van der Waals surface area contributed by atoms with Gasteiger partial charge in [-0.15, -0.1) is 0 Å². The van der Waals surface area contributed by atoms with Gasteiger partial charge in [-0.2, -0.15) is 0 Å². The fourth-order valence-electron chi connectivity index (χ4n) is 2.31. The van der Waals surface area contributed by atoms with Crippen molar-refractivity contribution in [3.05, 3.63) is 23.8 Å². The van der Waals surface area contributed by atoms with Crippen LogP contribution in [0.15, 0.2) is 18.2 Å². The summed E-state index contributed by atoms with van der Waals surface area (Å²) in [4.78, 5) is 0. The highest BCUT2D eigenvalue weighted by Gasteiger charge is 2.45. The van der Waals surface area contributed by atoms with E-state index in [2.05, 4.69) is 0 Å². The van der Waals surface area contributed by atoms with E-state index in [-0.39, 0.29) is 18.1 Å². The minimum atomic E-state index is -1.63. The summed E-state index contributed by atoms with van der Waals surface area (Å²) in [5.74, 6) is -0.188. The molecule has 8 heteroatoms. The maximum atomic E-state index is 9.96. The number of benzene rings is 1. The molecule has 0 saturated carbocycles. The third-order valence-corrected chi connectivity index (χ3v) is 3.53. The topological polar surface area (TPSA) is 140 Å². The molecule has 1 aliphatic rings. The van der Waals surface area contributed by atoms with Crippen molar-refractivity contribution in [1.29, 1.82) is 0 Å². The molecule has 0 bridgehead atoms. The molecule has 5 atom stereocenters. The number of hydrogen-bond donors (Lipinski definition) is 6. The molecule has 22 heavy (non-hydrogen) atoms. The molecule has 0 radical (unpaired) electrons. The van der Waals surface area contributed by atoms with Crippen LogP contribution in [0.5, 0.6) is 11.5 Å². The zero-order chi connectivity index (χ0) is 16.3. The second-order valence-corrected chi connectivity index (χ2v) is 5.09. The van der Waals surface area contributed by atoms with Gasteiger partial charge in [0.1, 0.15) is 18.3 Å². The summed E-state index contributed by atoms with van der Waals surface area (Å²) < 4.78 is 10.4. The summed E-state index contributed by atoms with van der Waals surface area (Å²) in [6, 6.07) is 4.47. The molecule has 0 spiro atoms. The Hall–Kier alpha value is -1.42. The van der Waals surface area contributed by atoms with Gasteiger partial charge in [-0.1, -0.05) is 6.07 Å². The third kappa shape index (κ3) is 3.49. The van der Waals surface area contributed by atoms with E-state index < -0.39 is 37.3 Å². The molecular weight excluding hydrogens is 296 g/mol. The number of ether oxygens (including phenoxy) is 2. The van der Waals surface area contributed by atoms with Crippen molar-refractivity contribution in [2.24, 2.45) is 0 Å². The Balaban J connectivity index is 2.17. The lowest BCUT2D eigenvalue weighted by atomic mass is 9.99. The van der Waals surface area contributed by atoms with Gasteiger partial charge < -0.3 is 40.1 Å². The maximum Gasteiger partial charge on any atom is 0.184 e. The Morgan fingerprint density at radius 1 is 1.09 bits per heavy atom. The molecule has 5 unspecified atom stereocenters. The molecule has 1 aromatic carbocycles. The number of rotatable bonds is 5. The molecule has 1 aliphatic heterocycles. The standard InChI is InChI=1S/C14H20O8/c15-4-3-7-1-2-9(8(17)5-7)21-13-10(6-16)22-14(20)12(19)11(13)18/h1-2,5,10-20H,3-4,6H2. The van der Waals surface area contributed by atoms with Gasteiger partial charge in [-0.05, 0) is 24.1 Å². The first kappa shape index (κ1) is 16.9. The van der Waals surface area contributed by atoms with Crippen LogP contribution in [0.3, 0.4) is 0 Å². The molecule has 2 rings (SSSR count). The molecular formula is C14H20O8. The molecule has 124 valence electrons. The van der Waals surface area contributed by atoms with Gasteiger partial charge in [0.2, 0.25) is 0 Å². The van der Waals surface area contributed by atoms with Crippen molar-refractivity contribution >= 4 is 0 Å². The Morgan fingerprint density at radius 2 is 1.82 bits per heavy atom. The number of hydrogen-bond acceptors (Lipinski definition) is 8. The largest absolute Gasteiger partial charge is 0.504 e. The molecule has 1 heterocycles. The van der Waals surface area contributed by atoms with E-state index in [1.54, 1.807) is 6.07 Å². The summed E-state index contributed by atoms with van der Waals surface area (Å²) in [7, 11) is 0. The van der Waals surface area contributed by atoms with E-state index in [1.807, 2.05) is 0 Å². The number of aliphatic hydroxyl groups excluding tert-OH is 5. The van der Waals surface area contributed by atoms with Gasteiger partial charge in [0, 0.05) is 6.61 Å². The van der Waals surface area contributed by atoms with Crippen molar-refractivity contribution in [3.63, 3.8) is 0 Å². The lowest BCUT2D eigenvalue weighted by Crippen LogP contribution is -2.60. The Kier molecular flexibility index (Phi) is 5.57. The average Bonchev–Trinajstić information content (AvgIpc) is 2.50. The molecule has 0 aromatic heterocycles. The summed E-state index contributed by atoms with van der Waals surface area (Å²) in [6.45, 7) is -0.611. The second kappa shape index (κ2) is 7.23. The predicted molar refractivity (Wildman–Crippen MR) is 73.3 cm³/mol. The van der Waals surface area contributed by atoms with Crippen molar-refractivity contribution in [3.8, 4) is 11.5 Å². The van der Waals surface area contributed by atoms with Gasteiger partial charge in [-0.25, -0.2) is 0 Å². The number of phenolic OH excluding ortho intramolecular Hbond substituents is 1. The molecule has 6 N–H and O–H groups in total. The van der Waals surface area contributed by atoms with Gasteiger partial charge in [0.15, 0.2) is 23.9 Å². The molecule has 1 saturated heterocycles. The van der Waals surface area contributed by atoms with Crippen LogP contribution in [0.25, 0.3) is 0 Å². The van der Waals surface area contributed by atoms with E-state index in [0.717, 1.165) is 0 Å². The van der Waals surface area contributed by atoms with Gasteiger partial charge in [0.25, 0.3) is 0 Å². The van der Waals surface area contributed by atoms with E-state index in [4.69, 9.17) is 14.6 Å². The third-order valence-electron chi connectivity index (χ3n) is 3.53. The molecule has 1 aromatic rings. The minimum Gasteiger partial charge on any atom is -0.504 e. The lowest BCUT2D eigenvalue weighted by molar-refractivity contribution is -0.282. The normalized spacial score (nSPS) is 32.0. The SMILES string of the molecule is OCCc1ccc(OC2C(CO)OC(O)C(O)C2O)c(O)c1. The fourth-order valence-corrected chi connectivity index (χ4v) is 2.31. The predicted octanol–water partition coefficient (Wildman–Crippen LogP) is -1.89. The zero-order valence-electron chi connectivity index (χ0n) is 11.7. The Bertz CT molecular complexity index is 492. The number of aliphatic hydroxyl groups is 5. The zero-order valence-corrected chi connectivity index (χ0v) is 11.7. The summed E-state index contributed by atoms with van der Waals surface area (Å²) in [6.07, 6.45) is -6.59. The van der Waals surface area contributed by atoms with Crippen LogP contribution in [-0.4, -0.2) is 74.6 Å². The van der Waals surface area contributed by atoms with E-state index in [9.17, 15) is 25.5 Å². The van der Waals surface area contributed by atoms with Crippen molar-refractivity contribution in [1.82, 2.24) is 0 Å². The average molecular weight is 316 g/mol. The fraction of sp³-hybridized carbons (Fsp3) is 0.571. The quantitative estimate of drug-likeness (QED) is 0.370. The van der Waals surface area contributed by atoms with Crippen molar-refractivity contribution < 1.29 is 40.1 Å². The maximum absolute atomic E-state index is 9.96. The van der Waals surface area contributed by atoms with Crippen LogP contribution in [0.2, 0.25) is 0 Å². The van der Waals surface area contributed by atoms with Crippen molar-refractivity contribution in [2.75, 3.05) is 13.2 Å². The van der Waals surface area contributed by atoms with Crippen LogP contribution in [0.4, 0.5) is 0 Å². The van der Waals surface area contributed by atoms with Crippen LogP contribution in [0, 0.1) is 0 Å². The highest BCUT2D eigenvalue weighted by Crippen LogP contribution is 2.31. The van der Waals surface area contributed by atoms with Gasteiger partial charge in [-0.3, -0.25) is 0 Å². The second-order valence-electron chi connectivity index (χ2n) is 5.09. The van der Waals surface area contributed by atoms with Gasteiger partial charge in [0.05, 0.1) is 6.61 Å². The highest BCUT2D eigenvalue weighted by molar-refractivity contribution is 5.42. The smallest absolute Gasteiger partial charge is 0.184 e. The first-order valence-corrected chi connectivity index (χ1v) is 6.88. The van der Waals surface area contributed by atoms with Crippen LogP contribution in [-0.2, 0) is 11.2 Å². The molecule has 0 amide bonds. The lowest BCUT2D eigenvalue weighted by Gasteiger charge is -2.40. The van der Waals surface area contributed by atoms with E-state index in [0.29, 0.717) is 12.0 Å². The van der Waals surface area contributed by atoms with E-state index >= 15 is 0 Å². The van der Waals surface area contributed by atoms with E-state index in [1.165, 1.54) is 12.1 Å². The Labute approximate surface area is 126 Å². The summed E-state index contributed by atoms with van der Waals surface area (Å²) in [5.41, 5.74) is 0.696. The van der Waals surface area contributed by atoms with Crippen molar-refractivity contribution in [2.45, 2.75) is 37.1 Å². The van der Waals surface area contributed by atoms with Gasteiger partial charge >= 0.3 is 0 Å². The monoisotopic (exact) mass is 316 g/mol. The first-order valence-electron chi connectivity index (χ1n) is 6.88. The number of phenols is 1. The summed E-state index contributed by atoms with van der Waals surface area (Å²) in [5, 5.41) is 57.0. The number of aromatic hydroxyl groups is 1. The first-order chi connectivity index (χ1) is 10.5. The summed E-state index contributed by atoms with van der Waals surface area (Å²) >= 11 is 0. The molecule has 1 fully saturated rings. The molecule has 0 aliphatic carbocycles. The minimum absolute atomic E-state index is 0.0244.